The highest BCUT2D eigenvalue weighted by Gasteiger charge is 2.16. The summed E-state index contributed by atoms with van der Waals surface area (Å²) in [6.07, 6.45) is 0. The minimum atomic E-state index is -0.600. The van der Waals surface area contributed by atoms with Gasteiger partial charge in [-0.15, -0.1) is 0 Å². The lowest BCUT2D eigenvalue weighted by Gasteiger charge is -2.09. The van der Waals surface area contributed by atoms with Crippen LogP contribution in [0.3, 0.4) is 0 Å². The molecule has 0 unspecified atom stereocenters. The minimum absolute atomic E-state index is 0.0426. The molecule has 0 atom stereocenters. The van der Waals surface area contributed by atoms with Gasteiger partial charge in [0.1, 0.15) is 6.61 Å². The molecule has 4 nitrogen and oxygen atoms in total. The topological polar surface area (TPSA) is 55.4 Å². The van der Waals surface area contributed by atoms with E-state index in [4.69, 9.17) is 27.9 Å². The maximum atomic E-state index is 12.2. The average molecular weight is 400 g/mol. The summed E-state index contributed by atoms with van der Waals surface area (Å²) in [4.78, 5) is 24.4. The fraction of sp³-hybridized carbons (Fsp3) is 0.0476. The molecule has 0 saturated heterocycles. The first kappa shape index (κ1) is 19.0. The summed E-state index contributed by atoms with van der Waals surface area (Å²) in [6.45, 7) is 0.0426. The number of hydrogen-bond acceptors (Lipinski definition) is 3. The number of ether oxygens (including phenoxy) is 1. The molecule has 0 bridgehead atoms. The maximum absolute atomic E-state index is 12.2. The lowest BCUT2D eigenvalue weighted by atomic mass is 10.1. The lowest BCUT2D eigenvalue weighted by Crippen LogP contribution is -2.12. The first-order chi connectivity index (χ1) is 13.0. The predicted octanol–water partition coefficient (Wildman–Crippen LogP) is 5.60. The third kappa shape index (κ3) is 4.88. The van der Waals surface area contributed by atoms with Gasteiger partial charge in [0.2, 0.25) is 0 Å². The number of halogens is 2. The Labute approximate surface area is 166 Å². The number of para-hydroxylation sites is 1. The van der Waals surface area contributed by atoms with Gasteiger partial charge in [-0.1, -0.05) is 59.6 Å². The van der Waals surface area contributed by atoms with E-state index in [0.717, 1.165) is 11.3 Å². The van der Waals surface area contributed by atoms with Gasteiger partial charge in [0, 0.05) is 11.3 Å². The second-order valence-corrected chi connectivity index (χ2v) is 6.50. The van der Waals surface area contributed by atoms with Crippen molar-refractivity contribution in [1.29, 1.82) is 0 Å². The van der Waals surface area contributed by atoms with Gasteiger partial charge in [0.15, 0.2) is 0 Å². The summed E-state index contributed by atoms with van der Waals surface area (Å²) >= 11 is 12.0. The van der Waals surface area contributed by atoms with Gasteiger partial charge in [-0.25, -0.2) is 4.79 Å². The molecule has 27 heavy (non-hydrogen) atoms. The molecule has 0 saturated carbocycles. The number of hydrogen-bond donors (Lipinski definition) is 1. The second-order valence-electron chi connectivity index (χ2n) is 5.69. The van der Waals surface area contributed by atoms with Gasteiger partial charge in [-0.2, -0.15) is 0 Å². The number of amides is 1. The van der Waals surface area contributed by atoms with Crippen molar-refractivity contribution >= 4 is 40.8 Å². The van der Waals surface area contributed by atoms with Crippen LogP contribution in [0.25, 0.3) is 0 Å². The lowest BCUT2D eigenvalue weighted by molar-refractivity contribution is 0.0473. The maximum Gasteiger partial charge on any atom is 0.341 e. The first-order valence-electron chi connectivity index (χ1n) is 8.11. The highest BCUT2D eigenvalue weighted by atomic mass is 35.5. The molecular formula is C21H15Cl2NO3. The van der Waals surface area contributed by atoms with Crippen molar-refractivity contribution in [2.45, 2.75) is 6.61 Å². The Hall–Kier alpha value is -2.82. The molecule has 3 aromatic rings. The molecule has 3 aromatic carbocycles. The second kappa shape index (κ2) is 8.71. The van der Waals surface area contributed by atoms with Crippen LogP contribution in [0.2, 0.25) is 10.0 Å². The fourth-order valence-corrected chi connectivity index (χ4v) is 2.94. The van der Waals surface area contributed by atoms with Crippen molar-refractivity contribution in [3.05, 3.63) is 99.5 Å². The van der Waals surface area contributed by atoms with Crippen LogP contribution in [0.15, 0.2) is 72.8 Å². The van der Waals surface area contributed by atoms with Crippen LogP contribution in [0.5, 0.6) is 0 Å². The smallest absolute Gasteiger partial charge is 0.341 e. The largest absolute Gasteiger partial charge is 0.457 e. The zero-order valence-corrected chi connectivity index (χ0v) is 15.6. The van der Waals surface area contributed by atoms with E-state index < -0.39 is 5.97 Å². The van der Waals surface area contributed by atoms with Crippen molar-refractivity contribution in [2.75, 3.05) is 5.32 Å². The van der Waals surface area contributed by atoms with E-state index in [1.165, 1.54) is 0 Å². The van der Waals surface area contributed by atoms with Crippen molar-refractivity contribution < 1.29 is 14.3 Å². The first-order valence-corrected chi connectivity index (χ1v) is 8.86. The third-order valence-corrected chi connectivity index (χ3v) is 4.41. The fourth-order valence-electron chi connectivity index (χ4n) is 2.39. The molecule has 3 rings (SSSR count). The van der Waals surface area contributed by atoms with Gasteiger partial charge < -0.3 is 10.1 Å². The van der Waals surface area contributed by atoms with E-state index in [-0.39, 0.29) is 28.1 Å². The SMILES string of the molecule is O=C(Nc1ccccc1)c1ccc(COC(=O)c2c(Cl)cccc2Cl)cc1. The molecule has 1 amide bonds. The van der Waals surface area contributed by atoms with Crippen molar-refractivity contribution in [3.63, 3.8) is 0 Å². The Morgan fingerprint density at radius 1 is 0.815 bits per heavy atom. The highest BCUT2D eigenvalue weighted by Crippen LogP contribution is 2.25. The number of anilines is 1. The summed E-state index contributed by atoms with van der Waals surface area (Å²) < 4.78 is 5.26. The van der Waals surface area contributed by atoms with Gasteiger partial charge in [-0.05, 0) is 42.0 Å². The Kier molecular flexibility index (Phi) is 6.12. The normalized spacial score (nSPS) is 10.3. The molecule has 0 fully saturated rings. The summed E-state index contributed by atoms with van der Waals surface area (Å²) in [5, 5.41) is 3.28. The van der Waals surface area contributed by atoms with Crippen LogP contribution >= 0.6 is 23.2 Å². The minimum Gasteiger partial charge on any atom is -0.457 e. The number of nitrogens with one attached hydrogen (secondary N) is 1. The zero-order valence-electron chi connectivity index (χ0n) is 14.1. The van der Waals surface area contributed by atoms with Crippen LogP contribution < -0.4 is 5.32 Å². The quantitative estimate of drug-likeness (QED) is 0.567. The van der Waals surface area contributed by atoms with Crippen LogP contribution in [-0.4, -0.2) is 11.9 Å². The number of rotatable bonds is 5. The molecule has 136 valence electrons. The molecule has 0 aromatic heterocycles. The van der Waals surface area contributed by atoms with Crippen LogP contribution in [-0.2, 0) is 11.3 Å². The molecule has 0 radical (unpaired) electrons. The number of benzene rings is 3. The molecule has 1 N–H and O–H groups in total. The van der Waals surface area contributed by atoms with E-state index in [1.807, 2.05) is 30.3 Å². The number of esters is 1. The van der Waals surface area contributed by atoms with Gasteiger partial charge >= 0.3 is 5.97 Å². The average Bonchev–Trinajstić information content (AvgIpc) is 2.67. The molecule has 0 spiro atoms. The Bertz CT molecular complexity index is 937. The monoisotopic (exact) mass is 399 g/mol. The van der Waals surface area contributed by atoms with E-state index in [9.17, 15) is 9.59 Å². The standard InChI is InChI=1S/C21H15Cl2NO3/c22-17-7-4-8-18(23)19(17)21(26)27-13-14-9-11-15(12-10-14)20(25)24-16-5-2-1-3-6-16/h1-12H,13H2,(H,24,25). The Balaban J connectivity index is 1.61. The molecule has 0 aliphatic carbocycles. The molecular weight excluding hydrogens is 385 g/mol. The number of carbonyl (C=O) groups is 2. The van der Waals surface area contributed by atoms with Crippen LogP contribution in [0.4, 0.5) is 5.69 Å². The van der Waals surface area contributed by atoms with Crippen molar-refractivity contribution in [3.8, 4) is 0 Å². The molecule has 6 heteroatoms. The number of carbonyl (C=O) groups excluding carboxylic acids is 2. The van der Waals surface area contributed by atoms with Crippen molar-refractivity contribution in [1.82, 2.24) is 0 Å². The Morgan fingerprint density at radius 2 is 1.44 bits per heavy atom. The summed E-state index contributed by atoms with van der Waals surface area (Å²) in [6, 6.07) is 20.8. The van der Waals surface area contributed by atoms with E-state index in [2.05, 4.69) is 5.32 Å². The summed E-state index contributed by atoms with van der Waals surface area (Å²) in [5.41, 5.74) is 2.10. The van der Waals surface area contributed by atoms with E-state index >= 15 is 0 Å². The zero-order chi connectivity index (χ0) is 19.2. The van der Waals surface area contributed by atoms with E-state index in [1.54, 1.807) is 42.5 Å². The van der Waals surface area contributed by atoms with E-state index in [0.29, 0.717) is 5.56 Å². The summed E-state index contributed by atoms with van der Waals surface area (Å²) in [7, 11) is 0. The predicted molar refractivity (Wildman–Crippen MR) is 106 cm³/mol. The summed E-state index contributed by atoms with van der Waals surface area (Å²) in [5.74, 6) is -0.816. The molecule has 0 heterocycles. The molecule has 0 aliphatic heterocycles. The molecule has 0 aliphatic rings. The van der Waals surface area contributed by atoms with Crippen LogP contribution in [0, 0.1) is 0 Å². The van der Waals surface area contributed by atoms with Gasteiger partial charge in [0.25, 0.3) is 5.91 Å². The Morgan fingerprint density at radius 3 is 2.07 bits per heavy atom. The van der Waals surface area contributed by atoms with Gasteiger partial charge in [0.05, 0.1) is 15.6 Å². The highest BCUT2D eigenvalue weighted by molar-refractivity contribution is 6.39. The van der Waals surface area contributed by atoms with Crippen LogP contribution in [0.1, 0.15) is 26.3 Å². The van der Waals surface area contributed by atoms with Crippen molar-refractivity contribution in [2.24, 2.45) is 0 Å². The van der Waals surface area contributed by atoms with Gasteiger partial charge in [-0.3, -0.25) is 4.79 Å². The third-order valence-electron chi connectivity index (χ3n) is 3.78.